The van der Waals surface area contributed by atoms with E-state index in [4.69, 9.17) is 0 Å². The molecule has 0 radical (unpaired) electrons. The normalized spacial score (nSPS) is 21.0. The van der Waals surface area contributed by atoms with E-state index in [-0.39, 0.29) is 18.1 Å². The van der Waals surface area contributed by atoms with Gasteiger partial charge in [-0.05, 0) is 0 Å². The predicted octanol–water partition coefficient (Wildman–Crippen LogP) is 5.61. The molecule has 0 saturated heterocycles. The van der Waals surface area contributed by atoms with Gasteiger partial charge in [-0.3, -0.25) is 0 Å². The SMILES string of the molecule is CCC(C)[NH][Zr]([NH]C(C)CC)([NH]C(C)CC)[C]1=[C]([Ge]([CH3])([CH3])[C](F)(F)F)C=CC1. The Morgan fingerprint density at radius 3 is 1.64 bits per heavy atom. The van der Waals surface area contributed by atoms with Crippen LogP contribution in [0.5, 0.6) is 0 Å². The van der Waals surface area contributed by atoms with Gasteiger partial charge < -0.3 is 0 Å². The number of hydrogen-bond donors (Lipinski definition) is 3. The molecule has 0 spiro atoms. The Hall–Kier alpha value is 0.576. The molecule has 0 aromatic rings. The van der Waals surface area contributed by atoms with Crippen LogP contribution in [0.4, 0.5) is 13.2 Å². The van der Waals surface area contributed by atoms with Crippen LogP contribution in [0.1, 0.15) is 67.2 Å². The number of nitrogens with one attached hydrogen (secondary N) is 3. The average Bonchev–Trinajstić information content (AvgIpc) is 3.11. The van der Waals surface area contributed by atoms with Crippen molar-refractivity contribution in [2.24, 2.45) is 0 Å². The molecule has 0 heterocycles. The monoisotopic (exact) mass is 543 g/mol. The molecule has 1 aliphatic rings. The van der Waals surface area contributed by atoms with Gasteiger partial charge in [0.05, 0.1) is 0 Å². The van der Waals surface area contributed by atoms with Gasteiger partial charge in [0.1, 0.15) is 0 Å². The van der Waals surface area contributed by atoms with Gasteiger partial charge in [0.25, 0.3) is 0 Å². The molecule has 3 N–H and O–H groups in total. The van der Waals surface area contributed by atoms with Gasteiger partial charge in [0.2, 0.25) is 0 Å². The molecule has 28 heavy (non-hydrogen) atoms. The molecule has 1 aliphatic carbocycles. The van der Waals surface area contributed by atoms with Crippen molar-refractivity contribution in [3.8, 4) is 0 Å². The van der Waals surface area contributed by atoms with Crippen LogP contribution in [0.15, 0.2) is 19.8 Å². The Labute approximate surface area is 178 Å². The first-order chi connectivity index (χ1) is 12.8. The third-order valence-corrected chi connectivity index (χ3v) is 24.3. The van der Waals surface area contributed by atoms with Crippen LogP contribution >= 0.6 is 0 Å². The Bertz CT molecular complexity index is 544. The van der Waals surface area contributed by atoms with E-state index in [1.54, 1.807) is 6.08 Å². The fourth-order valence-electron chi connectivity index (χ4n) is 3.40. The van der Waals surface area contributed by atoms with Crippen molar-refractivity contribution in [2.75, 3.05) is 0 Å². The summed E-state index contributed by atoms with van der Waals surface area (Å²) >= 11 is -7.94. The van der Waals surface area contributed by atoms with Gasteiger partial charge in [0, 0.05) is 0 Å². The minimum atomic E-state index is -4.21. The molecular weight excluding hydrogens is 503 g/mol. The van der Waals surface area contributed by atoms with E-state index in [0.29, 0.717) is 10.8 Å². The Morgan fingerprint density at radius 2 is 1.32 bits per heavy atom. The molecule has 0 aromatic carbocycles. The van der Waals surface area contributed by atoms with Crippen LogP contribution in [0, 0.1) is 0 Å². The van der Waals surface area contributed by atoms with E-state index in [2.05, 4.69) is 51.3 Å². The summed E-state index contributed by atoms with van der Waals surface area (Å²) in [4.78, 5) is 0. The third-order valence-electron chi connectivity index (χ3n) is 5.99. The second-order valence-electron chi connectivity index (χ2n) is 8.73. The molecule has 0 fully saturated rings. The van der Waals surface area contributed by atoms with E-state index in [1.165, 1.54) is 11.5 Å². The van der Waals surface area contributed by atoms with Crippen molar-refractivity contribution >= 4 is 13.3 Å². The van der Waals surface area contributed by atoms with Crippen LogP contribution in [0.2, 0.25) is 11.5 Å². The zero-order valence-corrected chi connectivity index (χ0v) is 23.4. The number of allylic oxidation sites excluding steroid dienone is 4. The maximum absolute atomic E-state index is 14.0. The zero-order chi connectivity index (χ0) is 21.8. The average molecular weight is 543 g/mol. The van der Waals surface area contributed by atoms with Gasteiger partial charge in [0.15, 0.2) is 0 Å². The quantitative estimate of drug-likeness (QED) is 0.297. The Balaban J connectivity index is 3.63. The molecule has 0 saturated carbocycles. The Kier molecular flexibility index (Phi) is 10.2. The molecule has 8 heteroatoms. The van der Waals surface area contributed by atoms with Crippen LogP contribution in [-0.2, 0) is 21.1 Å². The molecule has 1 rings (SSSR count). The molecule has 3 atom stereocenters. The third kappa shape index (κ3) is 6.29. The Morgan fingerprint density at radius 1 is 0.929 bits per heavy atom. The second kappa shape index (κ2) is 10.7. The predicted molar refractivity (Wildman–Crippen MR) is 113 cm³/mol. The van der Waals surface area contributed by atoms with Crippen molar-refractivity contribution in [3.05, 3.63) is 19.8 Å². The molecule has 0 aliphatic heterocycles. The van der Waals surface area contributed by atoms with Crippen molar-refractivity contribution in [1.82, 2.24) is 9.78 Å². The first-order valence-corrected chi connectivity index (χ1v) is 21.9. The van der Waals surface area contributed by atoms with Crippen molar-refractivity contribution in [3.63, 3.8) is 0 Å². The number of rotatable bonds is 11. The summed E-state index contributed by atoms with van der Waals surface area (Å²) < 4.78 is 55.3. The first kappa shape index (κ1) is 26.6. The summed E-state index contributed by atoms with van der Waals surface area (Å²) in [5.74, 6) is 2.99. The van der Waals surface area contributed by atoms with E-state index in [9.17, 15) is 13.2 Å². The second-order valence-corrected chi connectivity index (χ2v) is 25.2. The fourth-order valence-corrected chi connectivity index (χ4v) is 24.4. The summed E-state index contributed by atoms with van der Waals surface area (Å²) in [5.41, 5.74) is 0. The number of hydrogen-bond acceptors (Lipinski definition) is 3. The summed E-state index contributed by atoms with van der Waals surface area (Å²) in [6.07, 6.45) is 7.22. The van der Waals surface area contributed by atoms with E-state index < -0.39 is 39.4 Å². The summed E-state index contributed by atoms with van der Waals surface area (Å²) in [5, 5.41) is -4.10. The molecular formula is C20H40F3GeN3Zr. The minimum absolute atomic E-state index is 0.250. The summed E-state index contributed by atoms with van der Waals surface area (Å²) in [7, 11) is 0. The number of alkyl halides is 3. The van der Waals surface area contributed by atoms with Crippen LogP contribution in [0.3, 0.4) is 0 Å². The topological polar surface area (TPSA) is 36.1 Å². The molecule has 3 unspecified atom stereocenters. The summed E-state index contributed by atoms with van der Waals surface area (Å²) in [6.45, 7) is 12.8. The van der Waals surface area contributed by atoms with Crippen molar-refractivity contribution in [1.29, 1.82) is 0 Å². The van der Waals surface area contributed by atoms with Crippen molar-refractivity contribution in [2.45, 2.75) is 102 Å². The van der Waals surface area contributed by atoms with Gasteiger partial charge >= 0.3 is 179 Å². The van der Waals surface area contributed by atoms with Gasteiger partial charge in [-0.15, -0.1) is 0 Å². The van der Waals surface area contributed by atoms with Gasteiger partial charge in [-0.2, -0.15) is 0 Å². The van der Waals surface area contributed by atoms with Gasteiger partial charge in [-0.25, -0.2) is 0 Å². The molecule has 164 valence electrons. The standard InChI is InChI=1S/C8H10F3Ge.3C4H10N.Zr/c1-12(2,8(9,10)11)7-5-3-4-6-7;3*1-3-4(2)5;/h3,5H,4H2,1-2H3;3*4-5H,3H2,1-2H3;/q;3*-1;+3. The molecule has 3 nitrogen and oxygen atoms in total. The number of halogens is 3. The first-order valence-electron chi connectivity index (χ1n) is 10.6. The van der Waals surface area contributed by atoms with E-state index >= 15 is 0 Å². The maximum atomic E-state index is 14.0. The fraction of sp³-hybridized carbons (Fsp3) is 0.800. The van der Waals surface area contributed by atoms with Crippen LogP contribution in [-0.4, -0.2) is 36.4 Å². The van der Waals surface area contributed by atoms with Crippen LogP contribution < -0.4 is 9.78 Å². The van der Waals surface area contributed by atoms with Gasteiger partial charge in [-0.1, -0.05) is 0 Å². The zero-order valence-electron chi connectivity index (χ0n) is 18.8. The van der Waals surface area contributed by atoms with E-state index in [0.717, 1.165) is 22.5 Å². The molecule has 0 bridgehead atoms. The molecule has 0 aromatic heterocycles. The molecule has 0 amide bonds. The van der Waals surface area contributed by atoms with Crippen molar-refractivity contribution < 1.29 is 34.3 Å². The van der Waals surface area contributed by atoms with E-state index in [1.807, 2.05) is 6.08 Å². The van der Waals surface area contributed by atoms with Crippen LogP contribution in [0.25, 0.3) is 0 Å². The summed E-state index contributed by atoms with van der Waals surface area (Å²) in [6, 6.07) is 0.749.